The summed E-state index contributed by atoms with van der Waals surface area (Å²) in [5.41, 5.74) is 1.11. The van der Waals surface area contributed by atoms with E-state index in [0.29, 0.717) is 13.1 Å². The van der Waals surface area contributed by atoms with Crippen molar-refractivity contribution in [2.45, 2.75) is 49.7 Å². The summed E-state index contributed by atoms with van der Waals surface area (Å²) in [6, 6.07) is 13.9. The van der Waals surface area contributed by atoms with Crippen LogP contribution in [0.1, 0.15) is 37.5 Å². The molecule has 0 saturated carbocycles. The predicted octanol–water partition coefficient (Wildman–Crippen LogP) is 4.05. The minimum atomic E-state index is -0.275. The Morgan fingerprint density at radius 1 is 1.13 bits per heavy atom. The highest BCUT2D eigenvalue weighted by Crippen LogP contribution is 2.29. The van der Waals surface area contributed by atoms with Crippen LogP contribution in [-0.2, 0) is 17.9 Å². The van der Waals surface area contributed by atoms with E-state index in [0.717, 1.165) is 48.4 Å². The summed E-state index contributed by atoms with van der Waals surface area (Å²) in [5.74, 6) is 1.77. The Bertz CT molecular complexity index is 967. The first-order valence-corrected chi connectivity index (χ1v) is 11.7. The standard InChI is InChI=1S/C23H29N5O2S/c1-18(21(29)26(2)16-19-10-5-3-6-11-19)31-23-25-24-22(27-13-7-4-8-14-27)28(23)17-20-12-9-15-30-20/h3,5-6,9-12,15,18H,4,7-8,13-14,16-17H2,1-2H3. The molecule has 0 N–H and O–H groups in total. The Morgan fingerprint density at radius 3 is 2.61 bits per heavy atom. The zero-order valence-electron chi connectivity index (χ0n) is 18.1. The lowest BCUT2D eigenvalue weighted by Gasteiger charge is -2.27. The summed E-state index contributed by atoms with van der Waals surface area (Å²) in [4.78, 5) is 17.1. The first-order valence-electron chi connectivity index (χ1n) is 10.8. The number of benzene rings is 1. The van der Waals surface area contributed by atoms with Crippen LogP contribution in [0.3, 0.4) is 0 Å². The van der Waals surface area contributed by atoms with Crippen molar-refractivity contribution in [3.8, 4) is 0 Å². The summed E-state index contributed by atoms with van der Waals surface area (Å²) >= 11 is 1.45. The van der Waals surface area contributed by atoms with Crippen LogP contribution in [0.4, 0.5) is 5.95 Å². The fourth-order valence-electron chi connectivity index (χ4n) is 3.85. The molecule has 1 unspecified atom stereocenters. The molecule has 7 nitrogen and oxygen atoms in total. The smallest absolute Gasteiger partial charge is 0.235 e. The molecule has 1 aliphatic rings. The van der Waals surface area contributed by atoms with Gasteiger partial charge in [-0.3, -0.25) is 9.36 Å². The van der Waals surface area contributed by atoms with E-state index in [1.165, 1.54) is 18.2 Å². The molecule has 0 bridgehead atoms. The van der Waals surface area contributed by atoms with Crippen molar-refractivity contribution in [3.63, 3.8) is 0 Å². The highest BCUT2D eigenvalue weighted by Gasteiger charge is 2.25. The minimum Gasteiger partial charge on any atom is -0.467 e. The molecule has 4 rings (SSSR count). The lowest BCUT2D eigenvalue weighted by molar-refractivity contribution is -0.129. The number of aromatic nitrogens is 3. The van der Waals surface area contributed by atoms with Crippen LogP contribution in [0.5, 0.6) is 0 Å². The molecule has 3 aromatic rings. The van der Waals surface area contributed by atoms with Gasteiger partial charge < -0.3 is 14.2 Å². The van der Waals surface area contributed by atoms with E-state index in [-0.39, 0.29) is 11.2 Å². The molecule has 3 heterocycles. The Kier molecular flexibility index (Phi) is 6.96. The van der Waals surface area contributed by atoms with Gasteiger partial charge in [-0.2, -0.15) is 0 Å². The van der Waals surface area contributed by atoms with Gasteiger partial charge in [-0.15, -0.1) is 10.2 Å². The molecule has 2 aromatic heterocycles. The lowest BCUT2D eigenvalue weighted by atomic mass is 10.1. The van der Waals surface area contributed by atoms with Gasteiger partial charge in [0.2, 0.25) is 11.9 Å². The number of thioether (sulfide) groups is 1. The average molecular weight is 440 g/mol. The van der Waals surface area contributed by atoms with Gasteiger partial charge in [0.15, 0.2) is 5.16 Å². The number of nitrogens with zero attached hydrogens (tertiary/aromatic N) is 5. The minimum absolute atomic E-state index is 0.0703. The maximum atomic E-state index is 13.0. The molecule has 1 fully saturated rings. The van der Waals surface area contributed by atoms with E-state index in [1.54, 1.807) is 11.2 Å². The summed E-state index contributed by atoms with van der Waals surface area (Å²) in [7, 11) is 1.85. The number of carbonyl (C=O) groups is 1. The van der Waals surface area contributed by atoms with E-state index in [9.17, 15) is 4.79 Å². The molecule has 0 radical (unpaired) electrons. The number of hydrogen-bond donors (Lipinski definition) is 0. The van der Waals surface area contributed by atoms with Gasteiger partial charge in [-0.25, -0.2) is 0 Å². The summed E-state index contributed by atoms with van der Waals surface area (Å²) in [6.45, 7) is 5.03. The van der Waals surface area contributed by atoms with Gasteiger partial charge in [0.25, 0.3) is 0 Å². The van der Waals surface area contributed by atoms with Crippen molar-refractivity contribution in [2.75, 3.05) is 25.0 Å². The van der Waals surface area contributed by atoms with Gasteiger partial charge in [0.05, 0.1) is 18.1 Å². The second kappa shape index (κ2) is 10.0. The second-order valence-electron chi connectivity index (χ2n) is 7.94. The van der Waals surface area contributed by atoms with Crippen LogP contribution >= 0.6 is 11.8 Å². The molecule has 1 atom stereocenters. The van der Waals surface area contributed by atoms with Crippen molar-refractivity contribution >= 4 is 23.6 Å². The number of carbonyl (C=O) groups excluding carboxylic acids is 1. The topological polar surface area (TPSA) is 67.4 Å². The fourth-order valence-corrected chi connectivity index (χ4v) is 4.81. The van der Waals surface area contributed by atoms with Crippen LogP contribution in [-0.4, -0.2) is 51.0 Å². The number of piperidine rings is 1. The van der Waals surface area contributed by atoms with Gasteiger partial charge in [-0.1, -0.05) is 42.1 Å². The third-order valence-electron chi connectivity index (χ3n) is 5.50. The van der Waals surface area contributed by atoms with Gasteiger partial charge in [0.1, 0.15) is 5.76 Å². The van der Waals surface area contributed by atoms with Crippen LogP contribution in [0.25, 0.3) is 0 Å². The van der Waals surface area contributed by atoms with E-state index >= 15 is 0 Å². The van der Waals surface area contributed by atoms with E-state index < -0.39 is 0 Å². The molecule has 31 heavy (non-hydrogen) atoms. The Labute approximate surface area is 187 Å². The molecule has 1 amide bonds. The van der Waals surface area contributed by atoms with Crippen LogP contribution in [0, 0.1) is 0 Å². The molecule has 164 valence electrons. The van der Waals surface area contributed by atoms with E-state index in [2.05, 4.69) is 19.7 Å². The molecule has 8 heteroatoms. The largest absolute Gasteiger partial charge is 0.467 e. The highest BCUT2D eigenvalue weighted by molar-refractivity contribution is 8.00. The van der Waals surface area contributed by atoms with Crippen molar-refractivity contribution in [2.24, 2.45) is 0 Å². The number of anilines is 1. The number of rotatable bonds is 8. The zero-order valence-corrected chi connectivity index (χ0v) is 18.9. The molecule has 1 saturated heterocycles. The Hall–Kier alpha value is -2.74. The first-order chi connectivity index (χ1) is 15.1. The quantitative estimate of drug-likeness (QED) is 0.493. The lowest BCUT2D eigenvalue weighted by Crippen LogP contribution is -2.33. The van der Waals surface area contributed by atoms with Crippen LogP contribution < -0.4 is 4.90 Å². The van der Waals surface area contributed by atoms with Gasteiger partial charge >= 0.3 is 0 Å². The molecule has 0 aliphatic carbocycles. The number of amides is 1. The molecule has 1 aliphatic heterocycles. The van der Waals surface area contributed by atoms with E-state index in [4.69, 9.17) is 4.42 Å². The fraction of sp³-hybridized carbons (Fsp3) is 0.435. The average Bonchev–Trinajstić information content (AvgIpc) is 3.45. The maximum absolute atomic E-state index is 13.0. The molecule has 1 aromatic carbocycles. The van der Waals surface area contributed by atoms with Crippen molar-refractivity contribution in [1.82, 2.24) is 19.7 Å². The van der Waals surface area contributed by atoms with Crippen molar-refractivity contribution < 1.29 is 9.21 Å². The summed E-state index contributed by atoms with van der Waals surface area (Å²) < 4.78 is 7.66. The van der Waals surface area contributed by atoms with Gasteiger partial charge in [-0.05, 0) is 43.9 Å². The molecular formula is C23H29N5O2S. The van der Waals surface area contributed by atoms with Crippen molar-refractivity contribution in [3.05, 3.63) is 60.1 Å². The first kappa shape index (κ1) is 21.5. The SMILES string of the molecule is CC(Sc1nnc(N2CCCCC2)n1Cc1ccco1)C(=O)N(C)Cc1ccccc1. The highest BCUT2D eigenvalue weighted by atomic mass is 32.2. The third-order valence-corrected chi connectivity index (χ3v) is 6.57. The molecule has 0 spiro atoms. The maximum Gasteiger partial charge on any atom is 0.235 e. The zero-order chi connectivity index (χ0) is 21.6. The molecular weight excluding hydrogens is 410 g/mol. The second-order valence-corrected chi connectivity index (χ2v) is 9.24. The summed E-state index contributed by atoms with van der Waals surface area (Å²) in [6.07, 6.45) is 5.26. The Balaban J connectivity index is 1.49. The summed E-state index contributed by atoms with van der Waals surface area (Å²) in [5, 5.41) is 9.42. The normalized spacial score (nSPS) is 15.1. The van der Waals surface area contributed by atoms with Crippen molar-refractivity contribution in [1.29, 1.82) is 0 Å². The Morgan fingerprint density at radius 2 is 1.90 bits per heavy atom. The van der Waals surface area contributed by atoms with Crippen LogP contribution in [0.2, 0.25) is 0 Å². The predicted molar refractivity (Wildman–Crippen MR) is 122 cm³/mol. The third kappa shape index (κ3) is 5.31. The van der Waals surface area contributed by atoms with Gasteiger partial charge in [0, 0.05) is 26.7 Å². The number of furan rings is 1. The van der Waals surface area contributed by atoms with Crippen LogP contribution in [0.15, 0.2) is 58.3 Å². The monoisotopic (exact) mass is 439 g/mol. The van der Waals surface area contributed by atoms with E-state index in [1.807, 2.05) is 56.4 Å². The number of hydrogen-bond acceptors (Lipinski definition) is 6.